The molecule has 12 heavy (non-hydrogen) atoms. The molecule has 0 aromatic rings. The van der Waals surface area contributed by atoms with E-state index in [0.717, 1.165) is 11.3 Å². The predicted molar refractivity (Wildman–Crippen MR) is 53.0 cm³/mol. The quantitative estimate of drug-likeness (QED) is 0.555. The van der Waals surface area contributed by atoms with E-state index in [1.54, 1.807) is 0 Å². The van der Waals surface area contributed by atoms with Gasteiger partial charge in [0.15, 0.2) is 0 Å². The summed E-state index contributed by atoms with van der Waals surface area (Å²) >= 11 is 0. The molecule has 0 radical (unpaired) electrons. The molecule has 2 rings (SSSR count). The third-order valence-corrected chi connectivity index (χ3v) is 5.14. The lowest BCUT2D eigenvalue weighted by Gasteiger charge is -2.56. The molecule has 0 bridgehead atoms. The van der Waals surface area contributed by atoms with E-state index in [2.05, 4.69) is 34.6 Å². The summed E-state index contributed by atoms with van der Waals surface area (Å²) in [6.45, 7) is 12.2. The fourth-order valence-electron chi connectivity index (χ4n) is 4.10. The molecular formula is C12H22. The second-order valence-corrected chi connectivity index (χ2v) is 6.21. The Bertz CT molecular complexity index is 203. The minimum Gasteiger partial charge on any atom is -0.0648 e. The monoisotopic (exact) mass is 166 g/mol. The fraction of sp³-hybridized carbons (Fsp3) is 1.00. The van der Waals surface area contributed by atoms with Crippen molar-refractivity contribution in [3.63, 3.8) is 0 Å². The van der Waals surface area contributed by atoms with Crippen molar-refractivity contribution in [3.8, 4) is 0 Å². The zero-order chi connectivity index (χ0) is 9.20. The Kier molecular flexibility index (Phi) is 1.37. The maximum atomic E-state index is 2.51. The largest absolute Gasteiger partial charge is 0.0648 e. The molecule has 3 atom stereocenters. The van der Waals surface area contributed by atoms with Gasteiger partial charge in [0.05, 0.1) is 0 Å². The zero-order valence-corrected chi connectivity index (χ0v) is 9.20. The average Bonchev–Trinajstić information content (AvgIpc) is 2.40. The molecule has 0 aliphatic heterocycles. The Balaban J connectivity index is 2.28. The van der Waals surface area contributed by atoms with Crippen LogP contribution in [0.25, 0.3) is 0 Å². The van der Waals surface area contributed by atoms with Crippen LogP contribution < -0.4 is 0 Å². The first-order chi connectivity index (χ1) is 5.37. The molecule has 2 aliphatic rings. The van der Waals surface area contributed by atoms with Gasteiger partial charge < -0.3 is 0 Å². The standard InChI is InChI=1S/C12H22/c1-6-12(10(2,3)4)8-9-7-11(9,12)5/h9H,6-8H2,1-5H3. The molecule has 0 nitrogen and oxygen atoms in total. The number of fused-ring (bicyclic) bond motifs is 1. The second kappa shape index (κ2) is 1.91. The summed E-state index contributed by atoms with van der Waals surface area (Å²) in [5.74, 6) is 1.09. The van der Waals surface area contributed by atoms with Gasteiger partial charge in [0.1, 0.15) is 0 Å². The van der Waals surface area contributed by atoms with Gasteiger partial charge in [-0.3, -0.25) is 0 Å². The number of hydrogen-bond donors (Lipinski definition) is 0. The van der Waals surface area contributed by atoms with E-state index in [1.807, 2.05) is 0 Å². The van der Waals surface area contributed by atoms with Gasteiger partial charge in [-0.05, 0) is 41.4 Å². The summed E-state index contributed by atoms with van der Waals surface area (Å²) in [4.78, 5) is 0. The molecule has 2 aliphatic carbocycles. The molecule has 0 aromatic heterocycles. The van der Waals surface area contributed by atoms with Gasteiger partial charge in [-0.25, -0.2) is 0 Å². The summed E-state index contributed by atoms with van der Waals surface area (Å²) in [5, 5.41) is 0. The van der Waals surface area contributed by atoms with E-state index >= 15 is 0 Å². The Morgan fingerprint density at radius 3 is 1.92 bits per heavy atom. The molecule has 3 unspecified atom stereocenters. The van der Waals surface area contributed by atoms with Gasteiger partial charge in [0.2, 0.25) is 0 Å². The second-order valence-electron chi connectivity index (χ2n) is 6.21. The lowest BCUT2D eigenvalue weighted by Crippen LogP contribution is -2.49. The van der Waals surface area contributed by atoms with Crippen molar-refractivity contribution in [2.45, 2.75) is 53.9 Å². The highest BCUT2D eigenvalue weighted by molar-refractivity contribution is 5.23. The van der Waals surface area contributed by atoms with Crippen LogP contribution in [-0.2, 0) is 0 Å². The predicted octanol–water partition coefficient (Wildman–Crippen LogP) is 3.86. The normalized spacial score (nSPS) is 51.2. The molecule has 0 heteroatoms. The van der Waals surface area contributed by atoms with Crippen LogP contribution in [0.15, 0.2) is 0 Å². The SMILES string of the molecule is CCC1(C(C)(C)C)CC2CC21C. The highest BCUT2D eigenvalue weighted by Crippen LogP contribution is 2.82. The molecule has 2 fully saturated rings. The molecule has 0 spiro atoms. The smallest absolute Gasteiger partial charge is 0.0192 e. The zero-order valence-electron chi connectivity index (χ0n) is 9.20. The van der Waals surface area contributed by atoms with Crippen LogP contribution in [0.4, 0.5) is 0 Å². The molecule has 0 N–H and O–H groups in total. The Morgan fingerprint density at radius 2 is 1.83 bits per heavy atom. The Morgan fingerprint density at radius 1 is 1.25 bits per heavy atom. The molecule has 0 amide bonds. The molecule has 70 valence electrons. The van der Waals surface area contributed by atoms with Crippen LogP contribution in [0.1, 0.15) is 53.9 Å². The van der Waals surface area contributed by atoms with Crippen molar-refractivity contribution in [2.24, 2.45) is 22.2 Å². The van der Waals surface area contributed by atoms with E-state index in [9.17, 15) is 0 Å². The van der Waals surface area contributed by atoms with Crippen LogP contribution in [0.5, 0.6) is 0 Å². The maximum Gasteiger partial charge on any atom is -0.0192 e. The summed E-state index contributed by atoms with van der Waals surface area (Å²) in [6.07, 6.45) is 4.39. The lowest BCUT2D eigenvalue weighted by molar-refractivity contribution is -0.0796. The maximum absolute atomic E-state index is 2.51. The summed E-state index contributed by atoms with van der Waals surface area (Å²) < 4.78 is 0. The first-order valence-corrected chi connectivity index (χ1v) is 5.37. The van der Waals surface area contributed by atoms with Crippen LogP contribution in [0.2, 0.25) is 0 Å². The van der Waals surface area contributed by atoms with Gasteiger partial charge in [-0.2, -0.15) is 0 Å². The van der Waals surface area contributed by atoms with Crippen LogP contribution in [0, 0.1) is 22.2 Å². The van der Waals surface area contributed by atoms with Crippen molar-refractivity contribution in [3.05, 3.63) is 0 Å². The topological polar surface area (TPSA) is 0 Å². The third-order valence-electron chi connectivity index (χ3n) is 5.14. The fourth-order valence-corrected chi connectivity index (χ4v) is 4.10. The van der Waals surface area contributed by atoms with E-state index in [-0.39, 0.29) is 0 Å². The van der Waals surface area contributed by atoms with E-state index in [4.69, 9.17) is 0 Å². The first-order valence-electron chi connectivity index (χ1n) is 5.37. The minimum atomic E-state index is 0.517. The molecule has 2 saturated carbocycles. The van der Waals surface area contributed by atoms with E-state index in [0.29, 0.717) is 10.8 Å². The van der Waals surface area contributed by atoms with Gasteiger partial charge in [0, 0.05) is 0 Å². The Hall–Kier alpha value is 0. The van der Waals surface area contributed by atoms with E-state index in [1.165, 1.54) is 19.3 Å². The third kappa shape index (κ3) is 0.661. The summed E-state index contributed by atoms with van der Waals surface area (Å²) in [6, 6.07) is 0. The van der Waals surface area contributed by atoms with Crippen LogP contribution in [0.3, 0.4) is 0 Å². The first kappa shape index (κ1) is 8.59. The Labute approximate surface area is 76.7 Å². The van der Waals surface area contributed by atoms with Crippen LogP contribution >= 0.6 is 0 Å². The van der Waals surface area contributed by atoms with Gasteiger partial charge in [0.25, 0.3) is 0 Å². The highest BCUT2D eigenvalue weighted by atomic mass is 14.8. The van der Waals surface area contributed by atoms with Gasteiger partial charge in [-0.15, -0.1) is 0 Å². The number of hydrogen-bond acceptors (Lipinski definition) is 0. The lowest BCUT2D eigenvalue weighted by atomic mass is 9.48. The highest BCUT2D eigenvalue weighted by Gasteiger charge is 2.74. The van der Waals surface area contributed by atoms with E-state index < -0.39 is 0 Å². The molecule has 0 saturated heterocycles. The average molecular weight is 166 g/mol. The van der Waals surface area contributed by atoms with Crippen LogP contribution in [-0.4, -0.2) is 0 Å². The minimum absolute atomic E-state index is 0.517. The van der Waals surface area contributed by atoms with Crippen molar-refractivity contribution in [2.75, 3.05) is 0 Å². The van der Waals surface area contributed by atoms with Crippen molar-refractivity contribution >= 4 is 0 Å². The number of rotatable bonds is 1. The van der Waals surface area contributed by atoms with Crippen molar-refractivity contribution in [1.29, 1.82) is 0 Å². The molecule has 0 aromatic carbocycles. The van der Waals surface area contributed by atoms with Crippen molar-refractivity contribution < 1.29 is 0 Å². The molecular weight excluding hydrogens is 144 g/mol. The van der Waals surface area contributed by atoms with Gasteiger partial charge in [-0.1, -0.05) is 34.6 Å². The summed E-state index contributed by atoms with van der Waals surface area (Å²) in [7, 11) is 0. The molecule has 0 heterocycles. The van der Waals surface area contributed by atoms with Gasteiger partial charge >= 0.3 is 0 Å². The summed E-state index contributed by atoms with van der Waals surface area (Å²) in [5.41, 5.74) is 1.92. The van der Waals surface area contributed by atoms with Crippen molar-refractivity contribution in [1.82, 2.24) is 0 Å².